The minimum Gasteiger partial charge on any atom is -0.489 e. The van der Waals surface area contributed by atoms with Gasteiger partial charge in [0.2, 0.25) is 0 Å². The summed E-state index contributed by atoms with van der Waals surface area (Å²) in [5.41, 5.74) is 7.03. The first kappa shape index (κ1) is 14.7. The van der Waals surface area contributed by atoms with Gasteiger partial charge in [-0.1, -0.05) is 13.8 Å². The SMILES string of the molecule is Cc1cc2c(cc1C(CN)C(=O)O)OCC(C)(C)CO2. The van der Waals surface area contributed by atoms with E-state index in [0.717, 1.165) is 5.56 Å². The molecular formula is C15H21NO4. The van der Waals surface area contributed by atoms with Crippen LogP contribution in [0, 0.1) is 12.3 Å². The van der Waals surface area contributed by atoms with Crippen molar-refractivity contribution in [1.82, 2.24) is 0 Å². The lowest BCUT2D eigenvalue weighted by Gasteiger charge is -2.19. The van der Waals surface area contributed by atoms with E-state index in [2.05, 4.69) is 13.8 Å². The van der Waals surface area contributed by atoms with Crippen LogP contribution in [0.1, 0.15) is 30.9 Å². The number of carboxylic acid groups (broad SMARTS) is 1. The van der Waals surface area contributed by atoms with Crippen LogP contribution in [0.2, 0.25) is 0 Å². The van der Waals surface area contributed by atoms with Crippen LogP contribution >= 0.6 is 0 Å². The molecule has 20 heavy (non-hydrogen) atoms. The molecule has 0 aromatic heterocycles. The first-order valence-corrected chi connectivity index (χ1v) is 6.67. The summed E-state index contributed by atoms with van der Waals surface area (Å²) in [6, 6.07) is 3.58. The highest BCUT2D eigenvalue weighted by Gasteiger charge is 2.28. The largest absolute Gasteiger partial charge is 0.489 e. The third kappa shape index (κ3) is 2.88. The van der Waals surface area contributed by atoms with Gasteiger partial charge in [-0.05, 0) is 30.2 Å². The number of carboxylic acids is 1. The highest BCUT2D eigenvalue weighted by Crippen LogP contribution is 2.37. The molecule has 1 aromatic carbocycles. The monoisotopic (exact) mass is 279 g/mol. The summed E-state index contributed by atoms with van der Waals surface area (Å²) < 4.78 is 11.5. The van der Waals surface area contributed by atoms with Gasteiger partial charge in [0, 0.05) is 12.0 Å². The minimum absolute atomic E-state index is 0.0569. The van der Waals surface area contributed by atoms with E-state index in [1.165, 1.54) is 0 Å². The van der Waals surface area contributed by atoms with Crippen molar-refractivity contribution in [2.24, 2.45) is 11.1 Å². The van der Waals surface area contributed by atoms with Crippen molar-refractivity contribution in [2.75, 3.05) is 19.8 Å². The van der Waals surface area contributed by atoms with E-state index in [1.54, 1.807) is 6.07 Å². The summed E-state index contributed by atoms with van der Waals surface area (Å²) in [6.07, 6.45) is 0. The molecule has 2 rings (SSSR count). The Kier molecular flexibility index (Phi) is 3.90. The van der Waals surface area contributed by atoms with E-state index in [4.69, 9.17) is 15.2 Å². The molecule has 0 spiro atoms. The van der Waals surface area contributed by atoms with E-state index in [0.29, 0.717) is 30.3 Å². The zero-order valence-corrected chi connectivity index (χ0v) is 12.1. The van der Waals surface area contributed by atoms with Crippen molar-refractivity contribution in [3.05, 3.63) is 23.3 Å². The molecule has 3 N–H and O–H groups in total. The summed E-state index contributed by atoms with van der Waals surface area (Å²) in [5.74, 6) is -0.389. The van der Waals surface area contributed by atoms with Crippen molar-refractivity contribution in [2.45, 2.75) is 26.7 Å². The standard InChI is InChI=1S/C15H21NO4/c1-9-4-12-13(20-8-15(2,3)7-19-12)5-10(9)11(6-16)14(17)18/h4-5,11H,6-8,16H2,1-3H3,(H,17,18). The summed E-state index contributed by atoms with van der Waals surface area (Å²) >= 11 is 0. The fourth-order valence-corrected chi connectivity index (χ4v) is 2.23. The summed E-state index contributed by atoms with van der Waals surface area (Å²) in [7, 11) is 0. The molecule has 0 saturated carbocycles. The normalized spacial score (nSPS) is 18.2. The number of ether oxygens (including phenoxy) is 2. The number of benzene rings is 1. The van der Waals surface area contributed by atoms with Crippen LogP contribution in [0.3, 0.4) is 0 Å². The molecule has 5 heteroatoms. The molecule has 1 unspecified atom stereocenters. The van der Waals surface area contributed by atoms with Gasteiger partial charge in [0.15, 0.2) is 11.5 Å². The molecule has 0 aliphatic carbocycles. The molecule has 1 aliphatic heterocycles. The van der Waals surface area contributed by atoms with Gasteiger partial charge in [0.25, 0.3) is 0 Å². The van der Waals surface area contributed by atoms with Gasteiger partial charge in [-0.25, -0.2) is 0 Å². The number of hydrogen-bond acceptors (Lipinski definition) is 4. The van der Waals surface area contributed by atoms with Gasteiger partial charge >= 0.3 is 5.97 Å². The summed E-state index contributed by atoms with van der Waals surface area (Å²) in [4.78, 5) is 11.3. The average Bonchev–Trinajstić information content (AvgIpc) is 2.50. The number of nitrogens with two attached hydrogens (primary N) is 1. The maximum atomic E-state index is 11.3. The maximum absolute atomic E-state index is 11.3. The Labute approximate surface area is 118 Å². The first-order chi connectivity index (χ1) is 9.34. The van der Waals surface area contributed by atoms with E-state index in [9.17, 15) is 9.90 Å². The van der Waals surface area contributed by atoms with Crippen molar-refractivity contribution < 1.29 is 19.4 Å². The number of aryl methyl sites for hydroxylation is 1. The van der Waals surface area contributed by atoms with Crippen LogP contribution in [0.5, 0.6) is 11.5 Å². The molecule has 5 nitrogen and oxygen atoms in total. The van der Waals surface area contributed by atoms with Crippen molar-refractivity contribution >= 4 is 5.97 Å². The lowest BCUT2D eigenvalue weighted by molar-refractivity contribution is -0.138. The third-order valence-corrected chi connectivity index (χ3v) is 3.48. The number of hydrogen-bond donors (Lipinski definition) is 2. The molecule has 0 bridgehead atoms. The van der Waals surface area contributed by atoms with Crippen LogP contribution < -0.4 is 15.2 Å². The molecule has 0 saturated heterocycles. The smallest absolute Gasteiger partial charge is 0.312 e. The maximum Gasteiger partial charge on any atom is 0.312 e. The van der Waals surface area contributed by atoms with Crippen molar-refractivity contribution in [1.29, 1.82) is 0 Å². The predicted octanol–water partition coefficient (Wildman–Crippen LogP) is 1.92. The number of fused-ring (bicyclic) bond motifs is 1. The first-order valence-electron chi connectivity index (χ1n) is 6.67. The molecular weight excluding hydrogens is 258 g/mol. The predicted molar refractivity (Wildman–Crippen MR) is 75.4 cm³/mol. The summed E-state index contributed by atoms with van der Waals surface area (Å²) in [6.45, 7) is 7.14. The number of carbonyl (C=O) groups is 1. The Hall–Kier alpha value is -1.75. The Balaban J connectivity index is 2.40. The topological polar surface area (TPSA) is 81.8 Å². The van der Waals surface area contributed by atoms with Gasteiger partial charge in [0.1, 0.15) is 0 Å². The second kappa shape index (κ2) is 5.32. The molecule has 1 heterocycles. The van der Waals surface area contributed by atoms with Gasteiger partial charge in [0.05, 0.1) is 19.1 Å². The minimum atomic E-state index is -0.926. The molecule has 0 amide bonds. The van der Waals surface area contributed by atoms with Crippen LogP contribution in [0.15, 0.2) is 12.1 Å². The fraction of sp³-hybridized carbons (Fsp3) is 0.533. The quantitative estimate of drug-likeness (QED) is 0.883. The van der Waals surface area contributed by atoms with Crippen molar-refractivity contribution in [3.63, 3.8) is 0 Å². The van der Waals surface area contributed by atoms with Gasteiger partial charge in [-0.2, -0.15) is 0 Å². The van der Waals surface area contributed by atoms with Crippen molar-refractivity contribution in [3.8, 4) is 11.5 Å². The second-order valence-corrected chi connectivity index (χ2v) is 6.02. The lowest BCUT2D eigenvalue weighted by Crippen LogP contribution is -2.26. The van der Waals surface area contributed by atoms with E-state index in [-0.39, 0.29) is 12.0 Å². The molecule has 1 aliphatic rings. The molecule has 0 fully saturated rings. The Bertz CT molecular complexity index is 525. The Morgan fingerprint density at radius 1 is 1.35 bits per heavy atom. The molecule has 110 valence electrons. The van der Waals surface area contributed by atoms with Gasteiger partial charge in [-0.15, -0.1) is 0 Å². The molecule has 1 aromatic rings. The zero-order chi connectivity index (χ0) is 14.9. The van der Waals surface area contributed by atoms with Gasteiger partial charge < -0.3 is 20.3 Å². The number of aliphatic carboxylic acids is 1. The molecule has 1 atom stereocenters. The van der Waals surface area contributed by atoms with E-state index >= 15 is 0 Å². The Morgan fingerprint density at radius 2 is 1.90 bits per heavy atom. The fourth-order valence-electron chi connectivity index (χ4n) is 2.23. The lowest BCUT2D eigenvalue weighted by atomic mass is 9.94. The Morgan fingerprint density at radius 3 is 2.40 bits per heavy atom. The van der Waals surface area contributed by atoms with Gasteiger partial charge in [-0.3, -0.25) is 4.79 Å². The van der Waals surface area contributed by atoms with Crippen LogP contribution in [0.25, 0.3) is 0 Å². The second-order valence-electron chi connectivity index (χ2n) is 6.02. The van der Waals surface area contributed by atoms with E-state index < -0.39 is 11.9 Å². The third-order valence-electron chi connectivity index (χ3n) is 3.48. The average molecular weight is 279 g/mol. The number of rotatable bonds is 3. The van der Waals surface area contributed by atoms with E-state index in [1.807, 2.05) is 13.0 Å². The van der Waals surface area contributed by atoms with Crippen LogP contribution in [-0.4, -0.2) is 30.8 Å². The summed E-state index contributed by atoms with van der Waals surface area (Å²) in [5, 5.41) is 9.24. The molecule has 0 radical (unpaired) electrons. The highest BCUT2D eigenvalue weighted by molar-refractivity contribution is 5.77. The van der Waals surface area contributed by atoms with Crippen LogP contribution in [0.4, 0.5) is 0 Å². The highest BCUT2D eigenvalue weighted by atomic mass is 16.5. The van der Waals surface area contributed by atoms with Crippen LogP contribution in [-0.2, 0) is 4.79 Å². The zero-order valence-electron chi connectivity index (χ0n) is 12.1.